The third-order valence-electron chi connectivity index (χ3n) is 2.88. The second-order valence-corrected chi connectivity index (χ2v) is 5.51. The van der Waals surface area contributed by atoms with Crippen molar-refractivity contribution in [3.05, 3.63) is 31.5 Å². The Morgan fingerprint density at radius 1 is 0.800 bits per heavy atom. The third kappa shape index (κ3) is 19.7. The molecule has 1 N–H and O–H groups in total. The molecule has 1 aromatic heterocycles. The zero-order valence-electron chi connectivity index (χ0n) is 19.1. The van der Waals surface area contributed by atoms with Gasteiger partial charge in [0, 0.05) is 0 Å². The molecule has 0 unspecified atom stereocenters. The lowest BCUT2D eigenvalue weighted by atomic mass is 10.7. The second kappa shape index (κ2) is 21.6. The van der Waals surface area contributed by atoms with Crippen LogP contribution < -0.4 is 22.4 Å². The molecule has 0 saturated heterocycles. The number of alkyl halides is 10. The fourth-order valence-corrected chi connectivity index (χ4v) is 1.57. The van der Waals surface area contributed by atoms with Gasteiger partial charge in [0.05, 0.1) is 0 Å². The van der Waals surface area contributed by atoms with Crippen molar-refractivity contribution in [2.75, 3.05) is 27.1 Å². The molecule has 0 atom stereocenters. The van der Waals surface area contributed by atoms with Gasteiger partial charge in [-0.05, 0) is 4.53 Å². The Morgan fingerprint density at radius 3 is 1.43 bits per heavy atom. The van der Waals surface area contributed by atoms with Crippen LogP contribution in [-0.2, 0) is 39.3 Å². The first kappa shape index (κ1) is 40.1. The maximum absolute atomic E-state index is 12.1. The fourth-order valence-electron chi connectivity index (χ4n) is 1.57. The number of amides is 1. The Hall–Kier alpha value is -4.37. The first-order valence-electron chi connectivity index (χ1n) is 9.04. The molecule has 1 aromatic rings. The molecule has 25 heteroatoms. The highest BCUT2D eigenvalue weighted by Crippen LogP contribution is 2.14. The number of aliphatic imine (C=N–C) groups is 2. The summed E-state index contributed by atoms with van der Waals surface area (Å²) in [6.45, 7) is -9.55. The highest BCUT2D eigenvalue weighted by atomic mass is 19.4. The minimum absolute atomic E-state index is 0.349. The van der Waals surface area contributed by atoms with Gasteiger partial charge in [-0.3, -0.25) is 0 Å². The number of rotatable bonds is 8. The lowest BCUT2D eigenvalue weighted by Crippen LogP contribution is -2.55. The van der Waals surface area contributed by atoms with E-state index in [0.29, 0.717) is 13.7 Å². The van der Waals surface area contributed by atoms with E-state index in [2.05, 4.69) is 19.7 Å². The van der Waals surface area contributed by atoms with E-state index in [-0.39, 0.29) is 0 Å². The number of hydrogen-bond acceptors (Lipinski definition) is 10. The van der Waals surface area contributed by atoms with Gasteiger partial charge in [0.2, 0.25) is 25.9 Å². The van der Waals surface area contributed by atoms with Gasteiger partial charge in [0.15, 0.2) is 13.3 Å². The summed E-state index contributed by atoms with van der Waals surface area (Å²) in [5, 5.41) is 1.88. The van der Waals surface area contributed by atoms with Gasteiger partial charge in [0.1, 0.15) is 20.0 Å². The standard InChI is InChI=1S/C10H9FN6O7.C2H2F4O.C2H2F4.CH2F2/c11-1-24-7(20)14-4-17-9(22)15(2-12-5-18)8(21)16(10(17)23)3-13-6-19;3-2(4,5)1-7-6;3-1-2(4,5)6;2-1-3/h1-4H2,(H,14,20);1H2;1H2;1H2. The van der Waals surface area contributed by atoms with Crippen molar-refractivity contribution in [1.82, 2.24) is 19.0 Å². The van der Waals surface area contributed by atoms with Crippen molar-refractivity contribution in [1.29, 1.82) is 0 Å². The molecule has 0 aliphatic heterocycles. The molecule has 0 saturated carbocycles. The molecule has 1 heterocycles. The van der Waals surface area contributed by atoms with Crippen molar-refractivity contribution < 1.29 is 72.5 Å². The summed E-state index contributed by atoms with van der Waals surface area (Å²) in [6, 6.07) is 0. The Morgan fingerprint density at radius 2 is 1.18 bits per heavy atom. The predicted octanol–water partition coefficient (Wildman–Crippen LogP) is 1.22. The zero-order chi connectivity index (χ0) is 31.9. The number of isocyanates is 2. The van der Waals surface area contributed by atoms with E-state index in [0.717, 1.165) is 12.2 Å². The highest BCUT2D eigenvalue weighted by Gasteiger charge is 2.28. The lowest BCUT2D eigenvalue weighted by molar-refractivity contribution is -0.245. The normalized spacial score (nSPS) is 10.1. The summed E-state index contributed by atoms with van der Waals surface area (Å²) in [4.78, 5) is 75.8. The molecule has 0 aliphatic rings. The van der Waals surface area contributed by atoms with Gasteiger partial charge >= 0.3 is 35.5 Å². The van der Waals surface area contributed by atoms with Gasteiger partial charge in [0.25, 0.3) is 0 Å². The Balaban J connectivity index is -0.000000697. The first-order chi connectivity index (χ1) is 18.5. The van der Waals surface area contributed by atoms with Gasteiger partial charge in [-0.25, -0.2) is 60.0 Å². The van der Waals surface area contributed by atoms with Crippen LogP contribution in [0.4, 0.5) is 53.2 Å². The maximum Gasteiger partial charge on any atom is 0.416 e. The van der Waals surface area contributed by atoms with Crippen molar-refractivity contribution in [2.24, 2.45) is 9.98 Å². The second-order valence-electron chi connectivity index (χ2n) is 5.51. The minimum Gasteiger partial charge on any atom is -0.418 e. The minimum atomic E-state index is -4.62. The molecule has 0 radical (unpaired) electrons. The molecule has 14 nitrogen and oxygen atoms in total. The molecule has 0 fully saturated rings. The van der Waals surface area contributed by atoms with E-state index in [9.17, 15) is 77.2 Å². The van der Waals surface area contributed by atoms with E-state index in [1.807, 2.05) is 5.32 Å². The summed E-state index contributed by atoms with van der Waals surface area (Å²) in [7, 11) is 0. The number of aromatic nitrogens is 3. The predicted molar refractivity (Wildman–Crippen MR) is 103 cm³/mol. The Bertz CT molecular complexity index is 1090. The molecule has 0 bridgehead atoms. The zero-order valence-corrected chi connectivity index (χ0v) is 19.1. The van der Waals surface area contributed by atoms with Gasteiger partial charge < -0.3 is 10.1 Å². The highest BCUT2D eigenvalue weighted by molar-refractivity contribution is 5.66. The van der Waals surface area contributed by atoms with Crippen LogP contribution in [0, 0.1) is 0 Å². The summed E-state index contributed by atoms with van der Waals surface area (Å²) in [5.74, 6) is 0. The fraction of sp³-hybridized carbons (Fsp3) is 0.600. The van der Waals surface area contributed by atoms with Crippen LogP contribution in [0.25, 0.3) is 0 Å². The number of ether oxygens (including phenoxy) is 1. The summed E-state index contributed by atoms with van der Waals surface area (Å²) >= 11 is 0. The van der Waals surface area contributed by atoms with Crippen LogP contribution in [0.1, 0.15) is 0 Å². The van der Waals surface area contributed by atoms with Crippen LogP contribution >= 0.6 is 0 Å². The molecular formula is C15H15F11N6O8. The summed E-state index contributed by atoms with van der Waals surface area (Å²) in [5.41, 5.74) is -3.66. The number of hydrogen-bond donors (Lipinski definition) is 1. The average molecular weight is 616 g/mol. The monoisotopic (exact) mass is 616 g/mol. The van der Waals surface area contributed by atoms with Crippen LogP contribution in [0.3, 0.4) is 0 Å². The molecule has 1 rings (SSSR count). The topological polar surface area (TPSA) is 172 Å². The van der Waals surface area contributed by atoms with Crippen molar-refractivity contribution in [3.8, 4) is 0 Å². The van der Waals surface area contributed by atoms with Crippen molar-refractivity contribution >= 4 is 18.3 Å². The van der Waals surface area contributed by atoms with E-state index in [1.165, 1.54) is 0 Å². The van der Waals surface area contributed by atoms with Crippen molar-refractivity contribution in [2.45, 2.75) is 32.4 Å². The summed E-state index contributed by atoms with van der Waals surface area (Å²) in [6.07, 6.45) is -8.25. The van der Waals surface area contributed by atoms with E-state index < -0.39 is 82.6 Å². The lowest BCUT2D eigenvalue weighted by Gasteiger charge is -2.11. The number of nitrogens with one attached hydrogen (secondary N) is 1. The molecular weight excluding hydrogens is 601 g/mol. The van der Waals surface area contributed by atoms with E-state index in [1.54, 1.807) is 0 Å². The largest absolute Gasteiger partial charge is 0.418 e. The van der Waals surface area contributed by atoms with Crippen molar-refractivity contribution in [3.63, 3.8) is 0 Å². The first-order valence-corrected chi connectivity index (χ1v) is 9.04. The quantitative estimate of drug-likeness (QED) is 0.258. The van der Waals surface area contributed by atoms with Gasteiger partial charge in [-0.1, -0.05) is 0 Å². The van der Waals surface area contributed by atoms with Gasteiger partial charge in [-0.15, -0.1) is 0 Å². The van der Waals surface area contributed by atoms with E-state index in [4.69, 9.17) is 0 Å². The van der Waals surface area contributed by atoms with Crippen LogP contribution in [0.15, 0.2) is 24.4 Å². The molecule has 0 aliphatic carbocycles. The smallest absolute Gasteiger partial charge is 0.416 e. The molecule has 0 spiro atoms. The van der Waals surface area contributed by atoms with Crippen LogP contribution in [0.2, 0.25) is 0 Å². The molecule has 40 heavy (non-hydrogen) atoms. The number of alkyl carbamates (subject to hydrolysis) is 1. The number of carbonyl (C=O) groups excluding carboxylic acids is 3. The molecule has 1 amide bonds. The number of halogens is 11. The van der Waals surface area contributed by atoms with Crippen LogP contribution in [0.5, 0.6) is 0 Å². The summed E-state index contributed by atoms with van der Waals surface area (Å²) < 4.78 is 120. The number of nitrogens with zero attached hydrogens (tertiary/aromatic N) is 5. The van der Waals surface area contributed by atoms with E-state index >= 15 is 0 Å². The Kier molecular flexibility index (Phi) is 21.6. The molecule has 230 valence electrons. The third-order valence-corrected chi connectivity index (χ3v) is 2.88. The van der Waals surface area contributed by atoms with Crippen LogP contribution in [-0.4, -0.2) is 71.4 Å². The molecule has 0 aromatic carbocycles. The SMILES string of the molecule is FCC(F)(F)F.FCF.FOCC(F)(F)F.O=C=NCn1c(=O)n(CN=C=O)c(=O)n(CNC(=O)OCF)c1=O. The van der Waals surface area contributed by atoms with Gasteiger partial charge in [-0.2, -0.15) is 41.3 Å². The Labute approximate surface area is 211 Å². The number of carbonyl (C=O) groups is 1. The maximum atomic E-state index is 12.1. The average Bonchev–Trinajstić information content (AvgIpc) is 2.84.